The minimum atomic E-state index is -3.11. The van der Waals surface area contributed by atoms with Crippen molar-refractivity contribution in [2.24, 2.45) is 0 Å². The number of aromatic nitrogens is 3. The van der Waals surface area contributed by atoms with Crippen molar-refractivity contribution in [3.8, 4) is 11.3 Å². The zero-order chi connectivity index (χ0) is 17.4. The molecule has 0 unspecified atom stereocenters. The number of nitrogens with one attached hydrogen (secondary N) is 1. The predicted molar refractivity (Wildman–Crippen MR) is 98.0 cm³/mol. The van der Waals surface area contributed by atoms with Gasteiger partial charge in [0.15, 0.2) is 5.65 Å². The zero-order valence-corrected chi connectivity index (χ0v) is 14.7. The molecule has 1 fully saturated rings. The van der Waals surface area contributed by atoms with Gasteiger partial charge in [-0.25, -0.2) is 18.4 Å². The van der Waals surface area contributed by atoms with E-state index >= 15 is 0 Å². The van der Waals surface area contributed by atoms with E-state index in [4.69, 9.17) is 0 Å². The number of piperazine rings is 1. The van der Waals surface area contributed by atoms with Gasteiger partial charge in [-0.05, 0) is 18.2 Å². The van der Waals surface area contributed by atoms with Crippen molar-refractivity contribution in [1.29, 1.82) is 0 Å². The van der Waals surface area contributed by atoms with Crippen molar-refractivity contribution in [2.45, 2.75) is 0 Å². The van der Waals surface area contributed by atoms with E-state index in [0.29, 0.717) is 26.2 Å². The number of nitrogens with zero attached hydrogens (tertiary/aromatic N) is 4. The topological polar surface area (TPSA) is 82.2 Å². The van der Waals surface area contributed by atoms with Crippen molar-refractivity contribution < 1.29 is 8.42 Å². The minimum absolute atomic E-state index is 0.512. The number of anilines is 1. The lowest BCUT2D eigenvalue weighted by Crippen LogP contribution is -2.48. The summed E-state index contributed by atoms with van der Waals surface area (Å²) in [7, 11) is -3.11. The van der Waals surface area contributed by atoms with E-state index in [0.717, 1.165) is 28.1 Å². The maximum absolute atomic E-state index is 11.6. The Morgan fingerprint density at radius 2 is 1.92 bits per heavy atom. The molecule has 4 rings (SSSR count). The van der Waals surface area contributed by atoms with Crippen LogP contribution < -0.4 is 4.90 Å². The summed E-state index contributed by atoms with van der Waals surface area (Å²) in [5.41, 5.74) is 4.51. The van der Waals surface area contributed by atoms with Gasteiger partial charge in [0.25, 0.3) is 0 Å². The Morgan fingerprint density at radius 1 is 1.12 bits per heavy atom. The van der Waals surface area contributed by atoms with Crippen LogP contribution >= 0.6 is 0 Å². The summed E-state index contributed by atoms with van der Waals surface area (Å²) in [5, 5.41) is 0. The maximum Gasteiger partial charge on any atom is 0.211 e. The van der Waals surface area contributed by atoms with Gasteiger partial charge in [-0.15, -0.1) is 0 Å². The van der Waals surface area contributed by atoms with Crippen LogP contribution in [0, 0.1) is 0 Å². The minimum Gasteiger partial charge on any atom is -0.369 e. The molecule has 25 heavy (non-hydrogen) atoms. The van der Waals surface area contributed by atoms with E-state index in [1.165, 1.54) is 10.6 Å². The first-order chi connectivity index (χ1) is 12.0. The van der Waals surface area contributed by atoms with E-state index in [1.807, 2.05) is 30.5 Å². The van der Waals surface area contributed by atoms with Gasteiger partial charge in [-0.1, -0.05) is 12.1 Å². The first-order valence-corrected chi connectivity index (χ1v) is 9.96. The molecule has 1 aliphatic heterocycles. The molecule has 0 bridgehead atoms. The Hall–Kier alpha value is -2.45. The van der Waals surface area contributed by atoms with Crippen LogP contribution in [-0.2, 0) is 10.0 Å². The van der Waals surface area contributed by atoms with Crippen molar-refractivity contribution in [3.63, 3.8) is 0 Å². The van der Waals surface area contributed by atoms with Crippen LogP contribution in [0.2, 0.25) is 0 Å². The predicted octanol–water partition coefficient (Wildman–Crippen LogP) is 1.71. The number of sulfonamides is 1. The van der Waals surface area contributed by atoms with E-state index in [1.54, 1.807) is 6.20 Å². The Kier molecular flexibility index (Phi) is 3.93. The molecule has 0 amide bonds. The average Bonchev–Trinajstić information content (AvgIpc) is 3.09. The first-order valence-electron chi connectivity index (χ1n) is 8.11. The van der Waals surface area contributed by atoms with Crippen LogP contribution in [0.15, 0.2) is 42.7 Å². The van der Waals surface area contributed by atoms with Gasteiger partial charge in [0, 0.05) is 43.6 Å². The summed E-state index contributed by atoms with van der Waals surface area (Å²) in [4.78, 5) is 14.3. The SMILES string of the molecule is CS(=O)(=O)N1CCN(c2cccc(-c3cnc4[nH]ccc4n3)c2)CC1. The number of aromatic amines is 1. The smallest absolute Gasteiger partial charge is 0.211 e. The van der Waals surface area contributed by atoms with Gasteiger partial charge in [0.2, 0.25) is 10.0 Å². The Bertz CT molecular complexity index is 1010. The standard InChI is InChI=1S/C17H19N5O2S/c1-25(23,24)22-9-7-21(8-10-22)14-4-2-3-13(11-14)16-12-19-17-15(20-16)5-6-18-17/h2-6,11-12H,7-10H2,1H3,(H,18,19). The number of fused-ring (bicyclic) bond motifs is 1. The molecule has 0 radical (unpaired) electrons. The largest absolute Gasteiger partial charge is 0.369 e. The summed E-state index contributed by atoms with van der Waals surface area (Å²) >= 11 is 0. The van der Waals surface area contributed by atoms with Crippen LogP contribution in [0.4, 0.5) is 5.69 Å². The van der Waals surface area contributed by atoms with Crippen molar-refractivity contribution in [2.75, 3.05) is 37.3 Å². The molecule has 1 aliphatic rings. The van der Waals surface area contributed by atoms with Crippen LogP contribution in [-0.4, -0.2) is 60.1 Å². The Morgan fingerprint density at radius 3 is 2.68 bits per heavy atom. The van der Waals surface area contributed by atoms with Crippen LogP contribution in [0.3, 0.4) is 0 Å². The fourth-order valence-corrected chi connectivity index (χ4v) is 3.94. The fraction of sp³-hybridized carbons (Fsp3) is 0.294. The molecule has 7 nitrogen and oxygen atoms in total. The number of hydrogen-bond donors (Lipinski definition) is 1. The van der Waals surface area contributed by atoms with Gasteiger partial charge in [-0.3, -0.25) is 0 Å². The van der Waals surface area contributed by atoms with Crippen LogP contribution in [0.1, 0.15) is 0 Å². The maximum atomic E-state index is 11.6. The Labute approximate surface area is 146 Å². The summed E-state index contributed by atoms with van der Waals surface area (Å²) in [6.07, 6.45) is 4.85. The second-order valence-corrected chi connectivity index (χ2v) is 8.15. The lowest BCUT2D eigenvalue weighted by molar-refractivity contribution is 0.388. The van der Waals surface area contributed by atoms with E-state index in [2.05, 4.69) is 25.9 Å². The summed E-state index contributed by atoms with van der Waals surface area (Å²) < 4.78 is 24.8. The molecule has 1 aromatic carbocycles. The quantitative estimate of drug-likeness (QED) is 0.772. The molecule has 0 spiro atoms. The molecule has 1 N–H and O–H groups in total. The first kappa shape index (κ1) is 16.0. The molecule has 1 saturated heterocycles. The van der Waals surface area contributed by atoms with Gasteiger partial charge in [0.05, 0.1) is 18.1 Å². The third-order valence-electron chi connectivity index (χ3n) is 4.48. The third kappa shape index (κ3) is 3.22. The normalized spacial score (nSPS) is 16.4. The molecule has 130 valence electrons. The molecule has 0 aliphatic carbocycles. The number of benzene rings is 1. The third-order valence-corrected chi connectivity index (χ3v) is 5.78. The zero-order valence-electron chi connectivity index (χ0n) is 13.9. The Balaban J connectivity index is 1.57. The van der Waals surface area contributed by atoms with Crippen LogP contribution in [0.25, 0.3) is 22.4 Å². The van der Waals surface area contributed by atoms with Gasteiger partial charge < -0.3 is 9.88 Å². The molecule has 0 atom stereocenters. The lowest BCUT2D eigenvalue weighted by atomic mass is 10.1. The summed E-state index contributed by atoms with van der Waals surface area (Å²) in [6, 6.07) is 10.0. The van der Waals surface area contributed by atoms with Crippen molar-refractivity contribution in [3.05, 3.63) is 42.7 Å². The van der Waals surface area contributed by atoms with E-state index in [-0.39, 0.29) is 0 Å². The molecular formula is C17H19N5O2S. The number of H-pyrrole nitrogens is 1. The molecule has 0 saturated carbocycles. The highest BCUT2D eigenvalue weighted by molar-refractivity contribution is 7.88. The second kappa shape index (κ2) is 6.12. The average molecular weight is 357 g/mol. The highest BCUT2D eigenvalue weighted by Crippen LogP contribution is 2.25. The second-order valence-electron chi connectivity index (χ2n) is 6.17. The summed E-state index contributed by atoms with van der Waals surface area (Å²) in [6.45, 7) is 2.38. The van der Waals surface area contributed by atoms with Gasteiger partial charge >= 0.3 is 0 Å². The highest BCUT2D eigenvalue weighted by atomic mass is 32.2. The number of hydrogen-bond acceptors (Lipinski definition) is 5. The lowest BCUT2D eigenvalue weighted by Gasteiger charge is -2.34. The van der Waals surface area contributed by atoms with Gasteiger partial charge in [-0.2, -0.15) is 4.31 Å². The van der Waals surface area contributed by atoms with Crippen LogP contribution in [0.5, 0.6) is 0 Å². The molecule has 3 heterocycles. The van der Waals surface area contributed by atoms with E-state index < -0.39 is 10.0 Å². The molecule has 3 aromatic rings. The van der Waals surface area contributed by atoms with E-state index in [9.17, 15) is 8.42 Å². The fourth-order valence-electron chi connectivity index (χ4n) is 3.11. The van der Waals surface area contributed by atoms with Crippen molar-refractivity contribution >= 4 is 26.9 Å². The van der Waals surface area contributed by atoms with Crippen molar-refractivity contribution in [1.82, 2.24) is 19.3 Å². The monoisotopic (exact) mass is 357 g/mol. The van der Waals surface area contributed by atoms with Gasteiger partial charge in [0.1, 0.15) is 5.52 Å². The number of rotatable bonds is 3. The summed E-state index contributed by atoms with van der Waals surface area (Å²) in [5.74, 6) is 0. The molecular weight excluding hydrogens is 338 g/mol. The highest BCUT2D eigenvalue weighted by Gasteiger charge is 2.23. The molecule has 8 heteroatoms. The molecule has 2 aromatic heterocycles.